The van der Waals surface area contributed by atoms with Crippen molar-refractivity contribution in [1.29, 1.82) is 0 Å². The summed E-state index contributed by atoms with van der Waals surface area (Å²) in [6.45, 7) is 4.94. The Balaban J connectivity index is 1.49. The Kier molecular flexibility index (Phi) is 7.86. The molecular weight excluding hydrogens is 584 g/mol. The number of anilines is 2. The van der Waals surface area contributed by atoms with Crippen LogP contribution < -0.4 is 25.2 Å². The molecule has 1 aliphatic heterocycles. The van der Waals surface area contributed by atoms with Gasteiger partial charge >= 0.3 is 0 Å². The quantitative estimate of drug-likeness (QED) is 0.283. The van der Waals surface area contributed by atoms with Crippen molar-refractivity contribution in [3.05, 3.63) is 69.0 Å². The van der Waals surface area contributed by atoms with E-state index in [-0.39, 0.29) is 28.2 Å². The van der Waals surface area contributed by atoms with Gasteiger partial charge in [0.15, 0.2) is 11.4 Å². The summed E-state index contributed by atoms with van der Waals surface area (Å²) in [6, 6.07) is 6.30. The number of nitrogens with one attached hydrogen (secondary N) is 2. The lowest BCUT2D eigenvalue weighted by Crippen LogP contribution is -2.32. The summed E-state index contributed by atoms with van der Waals surface area (Å²) in [7, 11) is -0.305. The van der Waals surface area contributed by atoms with Gasteiger partial charge in [0.05, 0.1) is 47.8 Å². The third-order valence-corrected chi connectivity index (χ3v) is 7.70. The molecule has 42 heavy (non-hydrogen) atoms. The van der Waals surface area contributed by atoms with Crippen molar-refractivity contribution >= 4 is 50.1 Å². The van der Waals surface area contributed by atoms with Crippen LogP contribution in [0.3, 0.4) is 0 Å². The lowest BCUT2D eigenvalue weighted by Gasteiger charge is -2.23. The molecule has 4 aromatic rings. The average Bonchev–Trinajstić information content (AvgIpc) is 3.54. The number of fused-ring (bicyclic) bond motifs is 1. The Morgan fingerprint density at radius 3 is 2.67 bits per heavy atom. The van der Waals surface area contributed by atoms with Crippen molar-refractivity contribution in [2.45, 2.75) is 32.4 Å². The third kappa shape index (κ3) is 6.19. The van der Waals surface area contributed by atoms with Crippen LogP contribution in [0.2, 0.25) is 5.15 Å². The van der Waals surface area contributed by atoms with E-state index in [9.17, 15) is 18.0 Å². The number of rotatable bonds is 8. The van der Waals surface area contributed by atoms with E-state index in [4.69, 9.17) is 21.3 Å². The Labute approximate surface area is 247 Å². The molecule has 1 amide bonds. The molecule has 1 fully saturated rings. The molecule has 2 N–H and O–H groups in total. The number of pyridine rings is 1. The van der Waals surface area contributed by atoms with Gasteiger partial charge in [0, 0.05) is 32.6 Å². The zero-order chi connectivity index (χ0) is 30.3. The Morgan fingerprint density at radius 2 is 1.98 bits per heavy atom. The first-order chi connectivity index (χ1) is 19.8. The van der Waals surface area contributed by atoms with E-state index in [2.05, 4.69) is 15.4 Å². The molecule has 1 aromatic carbocycles. The minimum Gasteiger partial charge on any atom is -0.485 e. The summed E-state index contributed by atoms with van der Waals surface area (Å²) >= 11 is 6.02. The fourth-order valence-corrected chi connectivity index (χ4v) is 5.65. The van der Waals surface area contributed by atoms with Crippen molar-refractivity contribution in [2.75, 3.05) is 29.6 Å². The van der Waals surface area contributed by atoms with E-state index in [0.29, 0.717) is 35.7 Å². The largest absolute Gasteiger partial charge is 0.485 e. The molecule has 4 heterocycles. The van der Waals surface area contributed by atoms with Crippen LogP contribution in [0.15, 0.2) is 41.5 Å². The number of sulfonamides is 1. The van der Waals surface area contributed by atoms with Gasteiger partial charge in [-0.25, -0.2) is 23.1 Å². The maximum atomic E-state index is 13.6. The molecule has 0 radical (unpaired) electrons. The minimum atomic E-state index is -3.83. The highest BCUT2D eigenvalue weighted by Crippen LogP contribution is 2.30. The van der Waals surface area contributed by atoms with Gasteiger partial charge < -0.3 is 15.0 Å². The normalized spacial score (nSPS) is 16.0. The number of hydrogen-bond donors (Lipinski definition) is 2. The van der Waals surface area contributed by atoms with Crippen LogP contribution in [0.4, 0.5) is 11.6 Å². The Morgan fingerprint density at radius 1 is 1.21 bits per heavy atom. The second kappa shape index (κ2) is 11.2. The maximum Gasteiger partial charge on any atom is 0.285 e. The van der Waals surface area contributed by atoms with Gasteiger partial charge in [0.25, 0.3) is 11.5 Å². The van der Waals surface area contributed by atoms with Crippen molar-refractivity contribution in [3.63, 3.8) is 0 Å². The summed E-state index contributed by atoms with van der Waals surface area (Å²) in [5.41, 5.74) is 1.98. The number of halogens is 1. The van der Waals surface area contributed by atoms with Crippen LogP contribution in [-0.4, -0.2) is 64.1 Å². The van der Waals surface area contributed by atoms with Crippen molar-refractivity contribution in [1.82, 2.24) is 29.0 Å². The molecular formula is C27H31ClN8O5S. The number of aromatic nitrogens is 5. The molecule has 15 heteroatoms. The maximum absolute atomic E-state index is 13.6. The molecule has 0 spiro atoms. The summed E-state index contributed by atoms with van der Waals surface area (Å²) < 4.78 is 34.6. The second-order valence-corrected chi connectivity index (χ2v) is 12.6. The molecule has 0 aliphatic carbocycles. The summed E-state index contributed by atoms with van der Waals surface area (Å²) in [5.74, 6) is 0.280. The predicted molar refractivity (Wildman–Crippen MR) is 160 cm³/mol. The zero-order valence-corrected chi connectivity index (χ0v) is 25.3. The molecule has 2 atom stereocenters. The summed E-state index contributed by atoms with van der Waals surface area (Å²) in [4.78, 5) is 37.3. The predicted octanol–water partition coefficient (Wildman–Crippen LogP) is 2.54. The molecule has 1 aliphatic rings. The van der Waals surface area contributed by atoms with Gasteiger partial charge in [-0.1, -0.05) is 17.7 Å². The fourth-order valence-electron chi connectivity index (χ4n) is 5.06. The Hall–Kier alpha value is -4.17. The number of ether oxygens (including phenoxy) is 1. The van der Waals surface area contributed by atoms with Gasteiger partial charge in [-0.2, -0.15) is 5.10 Å². The number of nitrogens with zero attached hydrogens (tertiary/aromatic N) is 6. The van der Waals surface area contributed by atoms with Crippen LogP contribution in [0, 0.1) is 6.92 Å². The lowest BCUT2D eigenvalue weighted by atomic mass is 10.0. The first-order valence-corrected chi connectivity index (χ1v) is 15.4. The Bertz CT molecular complexity index is 1860. The van der Waals surface area contributed by atoms with E-state index in [1.54, 1.807) is 34.6 Å². The lowest BCUT2D eigenvalue weighted by molar-refractivity contribution is 0.0977. The molecule has 0 bridgehead atoms. The van der Waals surface area contributed by atoms with Gasteiger partial charge in [-0.15, -0.1) is 0 Å². The van der Waals surface area contributed by atoms with E-state index < -0.39 is 22.0 Å². The number of hydrogen-bond acceptors (Lipinski definition) is 10. The smallest absolute Gasteiger partial charge is 0.285 e. The zero-order valence-electron chi connectivity index (χ0n) is 23.8. The topological polar surface area (TPSA) is 153 Å². The monoisotopic (exact) mass is 614 g/mol. The SMILES string of the molecule is Cc1cc([C@@H](C)Nc2ccc(Cl)nc2C(=O)NS(C)(=O)=O)c2nc(N3CC[C@H](Oc4cnn(C)c4)C3)n(C)c(=O)c2c1. The molecule has 5 rings (SSSR count). The second-order valence-electron chi connectivity index (χ2n) is 10.5. The highest BCUT2D eigenvalue weighted by Gasteiger charge is 2.28. The highest BCUT2D eigenvalue weighted by atomic mass is 35.5. The number of carbonyl (C=O) groups excluding carboxylic acids is 1. The fraction of sp³-hybridized carbons (Fsp3) is 0.370. The van der Waals surface area contributed by atoms with Crippen LogP contribution >= 0.6 is 11.6 Å². The van der Waals surface area contributed by atoms with Gasteiger partial charge in [-0.05, 0) is 37.6 Å². The van der Waals surface area contributed by atoms with Gasteiger partial charge in [0.2, 0.25) is 16.0 Å². The molecule has 0 saturated carbocycles. The van der Waals surface area contributed by atoms with E-state index in [1.165, 1.54) is 6.07 Å². The van der Waals surface area contributed by atoms with Crippen LogP contribution in [0.25, 0.3) is 10.9 Å². The standard InChI is InChI=1S/C27H31ClN8O5S/c1-15-10-19(16(2)30-21-6-7-22(28)31-24(21)25(37)33-42(5,39)40)23-20(11-15)26(38)35(4)27(32-23)36-9-8-17(14-36)41-18-12-29-34(3)13-18/h6-7,10-13,16-17,30H,8-9,14H2,1-5H3,(H,33,37)/t16-,17+/m1/s1. The van der Waals surface area contributed by atoms with Crippen LogP contribution in [0.5, 0.6) is 5.75 Å². The average molecular weight is 615 g/mol. The van der Waals surface area contributed by atoms with Gasteiger partial charge in [0.1, 0.15) is 11.3 Å². The van der Waals surface area contributed by atoms with Crippen molar-refractivity contribution in [2.24, 2.45) is 14.1 Å². The highest BCUT2D eigenvalue weighted by molar-refractivity contribution is 7.89. The first kappa shape index (κ1) is 29.3. The molecule has 3 aromatic heterocycles. The van der Waals surface area contributed by atoms with E-state index in [1.807, 2.05) is 42.8 Å². The third-order valence-electron chi connectivity index (χ3n) is 6.94. The molecule has 1 saturated heterocycles. The number of benzene rings is 1. The number of carbonyl (C=O) groups is 1. The van der Waals surface area contributed by atoms with E-state index in [0.717, 1.165) is 23.8 Å². The van der Waals surface area contributed by atoms with Crippen LogP contribution in [0.1, 0.15) is 41.0 Å². The molecule has 0 unspecified atom stereocenters. The van der Waals surface area contributed by atoms with Crippen molar-refractivity contribution < 1.29 is 17.9 Å². The summed E-state index contributed by atoms with van der Waals surface area (Å²) in [6.07, 6.45) is 5.02. The number of aryl methyl sites for hydroxylation is 2. The summed E-state index contributed by atoms with van der Waals surface area (Å²) in [5, 5.41) is 7.86. The minimum absolute atomic E-state index is 0.0269. The van der Waals surface area contributed by atoms with E-state index >= 15 is 0 Å². The van der Waals surface area contributed by atoms with Gasteiger partial charge in [-0.3, -0.25) is 18.8 Å². The molecule has 13 nitrogen and oxygen atoms in total. The molecule has 222 valence electrons. The van der Waals surface area contributed by atoms with Crippen molar-refractivity contribution in [3.8, 4) is 5.75 Å². The number of amides is 1. The first-order valence-electron chi connectivity index (χ1n) is 13.2. The van der Waals surface area contributed by atoms with Crippen LogP contribution in [-0.2, 0) is 24.1 Å².